The van der Waals surface area contributed by atoms with Crippen molar-refractivity contribution >= 4 is 17.3 Å². The van der Waals surface area contributed by atoms with E-state index in [0.717, 1.165) is 26.7 Å². The minimum Gasteiger partial charge on any atom is -0.464 e. The number of nitrogens with zero attached hydrogens (tertiary/aromatic N) is 5. The van der Waals surface area contributed by atoms with E-state index < -0.39 is 23.3 Å². The predicted octanol–water partition coefficient (Wildman–Crippen LogP) is 3.58. The quantitative estimate of drug-likeness (QED) is 0.385. The lowest BCUT2D eigenvalue weighted by molar-refractivity contribution is 0.0600. The maximum absolute atomic E-state index is 14.8. The molecular weight excluding hydrogens is 468 g/mol. The number of esters is 1. The highest BCUT2D eigenvalue weighted by molar-refractivity contribution is 7.15. The van der Waals surface area contributed by atoms with Crippen molar-refractivity contribution in [3.05, 3.63) is 86.7 Å². The molecule has 0 aliphatic rings. The first kappa shape index (κ1) is 22.8. The largest absolute Gasteiger partial charge is 0.464 e. The Kier molecular flexibility index (Phi) is 6.20. The number of thiazole rings is 1. The Morgan fingerprint density at radius 2 is 2.03 bits per heavy atom. The average Bonchev–Trinajstić information content (AvgIpc) is 3.38. The van der Waals surface area contributed by atoms with Gasteiger partial charge in [0, 0.05) is 11.6 Å². The number of halogens is 2. The number of benzene rings is 2. The number of carbonyl (C=O) groups excluding carboxylic acids is 1. The molecule has 2 heterocycles. The van der Waals surface area contributed by atoms with Crippen molar-refractivity contribution in [3.8, 4) is 22.6 Å². The van der Waals surface area contributed by atoms with Crippen LogP contribution in [0.5, 0.6) is 10.8 Å². The number of methoxy groups -OCH3 is 1. The van der Waals surface area contributed by atoms with Crippen molar-refractivity contribution in [2.24, 2.45) is 0 Å². The van der Waals surface area contributed by atoms with Crippen LogP contribution >= 0.6 is 11.3 Å². The van der Waals surface area contributed by atoms with Gasteiger partial charge in [0.2, 0.25) is 10.1 Å². The molecule has 9 nitrogen and oxygen atoms in total. The molecule has 0 N–H and O–H groups in total. The van der Waals surface area contributed by atoms with E-state index in [9.17, 15) is 23.6 Å². The van der Waals surface area contributed by atoms with Crippen molar-refractivity contribution in [3.63, 3.8) is 0 Å². The Hall–Kier alpha value is -4.37. The van der Waals surface area contributed by atoms with Crippen LogP contribution in [0.1, 0.15) is 26.6 Å². The first-order valence-corrected chi connectivity index (χ1v) is 10.5. The molecule has 172 valence electrons. The molecule has 0 saturated heterocycles. The first-order chi connectivity index (χ1) is 16.3. The van der Waals surface area contributed by atoms with E-state index in [-0.39, 0.29) is 39.2 Å². The summed E-state index contributed by atoms with van der Waals surface area (Å²) in [5.41, 5.74) is -0.0115. The number of rotatable bonds is 6. The van der Waals surface area contributed by atoms with Gasteiger partial charge in [-0.25, -0.2) is 23.4 Å². The van der Waals surface area contributed by atoms with E-state index in [4.69, 9.17) is 4.74 Å². The van der Waals surface area contributed by atoms with Gasteiger partial charge in [-0.3, -0.25) is 4.57 Å². The highest BCUT2D eigenvalue weighted by Crippen LogP contribution is 2.33. The van der Waals surface area contributed by atoms with Gasteiger partial charge in [-0.15, -0.1) is 0 Å². The molecule has 0 bridgehead atoms. The predicted molar refractivity (Wildman–Crippen MR) is 116 cm³/mol. The second kappa shape index (κ2) is 9.24. The third-order valence-corrected chi connectivity index (χ3v) is 5.79. The van der Waals surface area contributed by atoms with Crippen LogP contribution in [-0.4, -0.2) is 32.4 Å². The van der Waals surface area contributed by atoms with E-state index in [1.54, 1.807) is 6.92 Å². The molecular formula is C22H15F2N5O4S. The third kappa shape index (κ3) is 4.28. The summed E-state index contributed by atoms with van der Waals surface area (Å²) in [6.45, 7) is 1.38. The topological polar surface area (TPSA) is 112 Å². The summed E-state index contributed by atoms with van der Waals surface area (Å²) >= 11 is 0.908. The van der Waals surface area contributed by atoms with Gasteiger partial charge >= 0.3 is 11.7 Å². The number of aryl methyl sites for hydroxylation is 1. The fourth-order valence-corrected chi connectivity index (χ4v) is 3.92. The lowest BCUT2D eigenvalue weighted by Gasteiger charge is -2.07. The van der Waals surface area contributed by atoms with Crippen LogP contribution in [-0.2, 0) is 11.3 Å². The van der Waals surface area contributed by atoms with E-state index in [2.05, 4.69) is 14.8 Å². The van der Waals surface area contributed by atoms with Crippen LogP contribution in [0.3, 0.4) is 0 Å². The molecule has 0 aliphatic heterocycles. The van der Waals surface area contributed by atoms with Gasteiger partial charge in [0.1, 0.15) is 12.1 Å². The fraction of sp³-hybridized carbons (Fsp3) is 0.136. The van der Waals surface area contributed by atoms with Crippen LogP contribution in [0.2, 0.25) is 0 Å². The minimum atomic E-state index is -0.785. The Bertz CT molecular complexity index is 1500. The molecule has 0 fully saturated rings. The lowest BCUT2D eigenvalue weighted by atomic mass is 10.1. The van der Waals surface area contributed by atoms with Crippen LogP contribution in [0, 0.1) is 29.9 Å². The monoisotopic (exact) mass is 483 g/mol. The van der Waals surface area contributed by atoms with Gasteiger partial charge in [0.15, 0.2) is 11.6 Å². The summed E-state index contributed by atoms with van der Waals surface area (Å²) in [6, 6.07) is 9.70. The molecule has 4 aromatic rings. The molecule has 2 aromatic heterocycles. The zero-order valence-corrected chi connectivity index (χ0v) is 18.6. The second-order valence-electron chi connectivity index (χ2n) is 6.93. The number of carbonyl (C=O) groups is 1. The van der Waals surface area contributed by atoms with Gasteiger partial charge in [-0.1, -0.05) is 17.4 Å². The third-order valence-electron chi connectivity index (χ3n) is 4.78. The standard InChI is InChI=1S/C22H15F2N5O4S/c1-12-21(34-19(27-12)20(30)32-2)33-18-7-6-14(8-17(18)24)29-22(31)28(11-26-29)10-15-13(9-25)4-3-5-16(15)23/h3-8,11H,10H2,1-2H3. The maximum atomic E-state index is 14.8. The Labute approximate surface area is 195 Å². The number of ether oxygens (including phenoxy) is 2. The van der Waals surface area contributed by atoms with Crippen LogP contribution < -0.4 is 10.4 Å². The minimum absolute atomic E-state index is 0.0489. The molecule has 0 amide bonds. The smallest absolute Gasteiger partial charge is 0.367 e. The highest BCUT2D eigenvalue weighted by atomic mass is 32.1. The summed E-state index contributed by atoms with van der Waals surface area (Å²) < 4.78 is 41.1. The summed E-state index contributed by atoms with van der Waals surface area (Å²) in [5.74, 6) is -2.19. The van der Waals surface area contributed by atoms with Crippen molar-refractivity contribution in [1.29, 1.82) is 5.26 Å². The van der Waals surface area contributed by atoms with E-state index in [1.807, 2.05) is 6.07 Å². The Morgan fingerprint density at radius 1 is 1.24 bits per heavy atom. The molecule has 2 aromatic carbocycles. The lowest BCUT2D eigenvalue weighted by Crippen LogP contribution is -2.24. The average molecular weight is 483 g/mol. The zero-order valence-electron chi connectivity index (χ0n) is 17.8. The highest BCUT2D eigenvalue weighted by Gasteiger charge is 2.19. The number of hydrogen-bond acceptors (Lipinski definition) is 8. The van der Waals surface area contributed by atoms with Gasteiger partial charge in [-0.2, -0.15) is 15.0 Å². The fourth-order valence-electron chi connectivity index (χ4n) is 3.07. The molecule has 0 radical (unpaired) electrons. The molecule has 0 saturated carbocycles. The van der Waals surface area contributed by atoms with Crippen molar-refractivity contribution in [1.82, 2.24) is 19.3 Å². The normalized spacial score (nSPS) is 10.7. The molecule has 4 rings (SSSR count). The van der Waals surface area contributed by atoms with Gasteiger partial charge < -0.3 is 9.47 Å². The van der Waals surface area contributed by atoms with Crippen LogP contribution in [0.15, 0.2) is 47.5 Å². The van der Waals surface area contributed by atoms with Crippen molar-refractivity contribution in [2.75, 3.05) is 7.11 Å². The summed E-state index contributed by atoms with van der Waals surface area (Å²) in [4.78, 5) is 28.4. The molecule has 0 unspecified atom stereocenters. The molecule has 0 aliphatic carbocycles. The van der Waals surface area contributed by atoms with Crippen molar-refractivity contribution < 1.29 is 23.0 Å². The summed E-state index contributed by atoms with van der Waals surface area (Å²) in [6.07, 6.45) is 1.17. The Balaban J connectivity index is 1.60. The number of nitriles is 1. The van der Waals surface area contributed by atoms with Crippen LogP contribution in [0.4, 0.5) is 8.78 Å². The second-order valence-corrected chi connectivity index (χ2v) is 7.89. The summed E-state index contributed by atoms with van der Waals surface area (Å²) in [5, 5.41) is 13.4. The molecule has 0 atom stereocenters. The molecule has 34 heavy (non-hydrogen) atoms. The van der Waals surface area contributed by atoms with Gasteiger partial charge in [-0.05, 0) is 31.2 Å². The SMILES string of the molecule is COC(=O)c1nc(C)c(Oc2ccc(-n3ncn(Cc4c(F)cccc4C#N)c3=O)cc2F)s1. The van der Waals surface area contributed by atoms with E-state index >= 15 is 0 Å². The van der Waals surface area contributed by atoms with E-state index in [1.165, 1.54) is 43.8 Å². The maximum Gasteiger partial charge on any atom is 0.367 e. The van der Waals surface area contributed by atoms with Crippen LogP contribution in [0.25, 0.3) is 5.69 Å². The number of aromatic nitrogens is 4. The van der Waals surface area contributed by atoms with E-state index in [0.29, 0.717) is 5.69 Å². The summed E-state index contributed by atoms with van der Waals surface area (Å²) in [7, 11) is 1.22. The zero-order chi connectivity index (χ0) is 24.4. The molecule has 0 spiro atoms. The van der Waals surface area contributed by atoms with Crippen molar-refractivity contribution in [2.45, 2.75) is 13.5 Å². The first-order valence-electron chi connectivity index (χ1n) is 9.67. The van der Waals surface area contributed by atoms with Gasteiger partial charge in [0.05, 0.1) is 36.7 Å². The molecule has 12 heteroatoms. The van der Waals surface area contributed by atoms with Gasteiger partial charge in [0.25, 0.3) is 0 Å². The Morgan fingerprint density at radius 3 is 2.74 bits per heavy atom. The number of hydrogen-bond donors (Lipinski definition) is 0.